The van der Waals surface area contributed by atoms with Gasteiger partial charge in [-0.1, -0.05) is 0 Å². The summed E-state index contributed by atoms with van der Waals surface area (Å²) in [6.45, 7) is 1.85. The van der Waals surface area contributed by atoms with Crippen LogP contribution in [0.25, 0.3) is 0 Å². The van der Waals surface area contributed by atoms with Crippen LogP contribution in [0.2, 0.25) is 0 Å². The Labute approximate surface area is 115 Å². The van der Waals surface area contributed by atoms with Gasteiger partial charge < -0.3 is 9.84 Å². The molecule has 0 fully saturated rings. The van der Waals surface area contributed by atoms with E-state index in [-0.39, 0.29) is 23.7 Å². The van der Waals surface area contributed by atoms with E-state index in [1.165, 1.54) is 6.20 Å². The Morgan fingerprint density at radius 3 is 2.95 bits per heavy atom. The zero-order chi connectivity index (χ0) is 14.5. The molecule has 2 heterocycles. The van der Waals surface area contributed by atoms with Crippen molar-refractivity contribution in [3.63, 3.8) is 0 Å². The first-order chi connectivity index (χ1) is 9.60. The predicted octanol–water partition coefficient (Wildman–Crippen LogP) is 1.93. The van der Waals surface area contributed by atoms with E-state index in [0.29, 0.717) is 5.69 Å². The van der Waals surface area contributed by atoms with Crippen LogP contribution in [0.1, 0.15) is 27.4 Å². The summed E-state index contributed by atoms with van der Waals surface area (Å²) in [5, 5.41) is 17.8. The molecule has 0 radical (unpaired) electrons. The normalized spacial score (nSPS) is 9.80. The molecule has 6 heteroatoms. The number of rotatable bonds is 4. The molecule has 0 aliphatic rings. The van der Waals surface area contributed by atoms with Gasteiger partial charge in [0.15, 0.2) is 11.4 Å². The maximum atomic E-state index is 11.1. The van der Waals surface area contributed by atoms with Crippen molar-refractivity contribution in [2.24, 2.45) is 0 Å². The first kappa shape index (κ1) is 13.5. The van der Waals surface area contributed by atoms with Gasteiger partial charge in [-0.15, -0.1) is 0 Å². The van der Waals surface area contributed by atoms with Crippen LogP contribution >= 0.6 is 0 Å². The summed E-state index contributed by atoms with van der Waals surface area (Å²) in [4.78, 5) is 18.9. The van der Waals surface area contributed by atoms with Gasteiger partial charge in [-0.25, -0.2) is 14.8 Å². The summed E-state index contributed by atoms with van der Waals surface area (Å²) >= 11 is 0. The highest BCUT2D eigenvalue weighted by Gasteiger charge is 2.13. The SMILES string of the molecule is Cc1ccc(OCc2ccnc(C#N)c2)c(C(=O)O)n1. The fraction of sp³-hybridized carbons (Fsp3) is 0.143. The van der Waals surface area contributed by atoms with Gasteiger partial charge in [0.1, 0.15) is 18.4 Å². The summed E-state index contributed by atoms with van der Waals surface area (Å²) in [7, 11) is 0. The van der Waals surface area contributed by atoms with E-state index in [1.54, 1.807) is 31.2 Å². The molecule has 2 aromatic heterocycles. The lowest BCUT2D eigenvalue weighted by atomic mass is 10.2. The Balaban J connectivity index is 2.19. The third-order valence-electron chi connectivity index (χ3n) is 2.53. The minimum absolute atomic E-state index is 0.125. The van der Waals surface area contributed by atoms with E-state index in [9.17, 15) is 4.79 Å². The van der Waals surface area contributed by atoms with Crippen molar-refractivity contribution in [2.45, 2.75) is 13.5 Å². The standard InChI is InChI=1S/C14H11N3O3/c1-9-2-3-12(13(17-9)14(18)19)20-8-10-4-5-16-11(6-10)7-15/h2-6H,8H2,1H3,(H,18,19). The molecule has 0 saturated heterocycles. The van der Waals surface area contributed by atoms with E-state index in [4.69, 9.17) is 15.1 Å². The number of aryl methyl sites for hydroxylation is 1. The molecule has 20 heavy (non-hydrogen) atoms. The second-order valence-electron chi connectivity index (χ2n) is 4.05. The molecule has 0 amide bonds. The van der Waals surface area contributed by atoms with Crippen LogP contribution in [0.3, 0.4) is 0 Å². The van der Waals surface area contributed by atoms with Crippen molar-refractivity contribution in [2.75, 3.05) is 0 Å². The molecule has 0 aromatic carbocycles. The first-order valence-electron chi connectivity index (χ1n) is 5.79. The van der Waals surface area contributed by atoms with Gasteiger partial charge in [0, 0.05) is 11.9 Å². The average Bonchev–Trinajstić information content (AvgIpc) is 2.46. The summed E-state index contributed by atoms with van der Waals surface area (Å²) in [6, 6.07) is 8.46. The number of carbonyl (C=O) groups is 1. The third kappa shape index (κ3) is 3.09. The van der Waals surface area contributed by atoms with Gasteiger partial charge in [-0.3, -0.25) is 0 Å². The number of hydrogen-bond donors (Lipinski definition) is 1. The Bertz CT molecular complexity index is 692. The third-order valence-corrected chi connectivity index (χ3v) is 2.53. The van der Waals surface area contributed by atoms with Gasteiger partial charge in [0.2, 0.25) is 0 Å². The van der Waals surface area contributed by atoms with Gasteiger partial charge >= 0.3 is 5.97 Å². The molecule has 0 atom stereocenters. The van der Waals surface area contributed by atoms with Gasteiger partial charge in [0.05, 0.1) is 0 Å². The van der Waals surface area contributed by atoms with Crippen molar-refractivity contribution in [1.29, 1.82) is 5.26 Å². The molecule has 0 bridgehead atoms. The molecule has 2 aromatic rings. The number of ether oxygens (including phenoxy) is 1. The van der Waals surface area contributed by atoms with Gasteiger partial charge in [0.25, 0.3) is 0 Å². The van der Waals surface area contributed by atoms with E-state index >= 15 is 0 Å². The highest BCUT2D eigenvalue weighted by molar-refractivity contribution is 5.88. The minimum Gasteiger partial charge on any atom is -0.486 e. The first-order valence-corrected chi connectivity index (χ1v) is 5.79. The maximum absolute atomic E-state index is 11.1. The maximum Gasteiger partial charge on any atom is 0.358 e. The predicted molar refractivity (Wildman–Crippen MR) is 69.2 cm³/mol. The fourth-order valence-corrected chi connectivity index (χ4v) is 1.60. The summed E-state index contributed by atoms with van der Waals surface area (Å²) in [5.41, 5.74) is 1.49. The van der Waals surface area contributed by atoms with E-state index in [0.717, 1.165) is 5.56 Å². The zero-order valence-electron chi connectivity index (χ0n) is 10.7. The number of pyridine rings is 2. The van der Waals surface area contributed by atoms with Crippen LogP contribution in [0.15, 0.2) is 30.5 Å². The van der Waals surface area contributed by atoms with Crippen molar-refractivity contribution in [1.82, 2.24) is 9.97 Å². The second-order valence-corrected chi connectivity index (χ2v) is 4.05. The number of aromatic nitrogens is 2. The van der Waals surface area contributed by atoms with Gasteiger partial charge in [-0.2, -0.15) is 5.26 Å². The molecule has 0 spiro atoms. The Kier molecular flexibility index (Phi) is 3.91. The van der Waals surface area contributed by atoms with Crippen molar-refractivity contribution < 1.29 is 14.6 Å². The Hall–Kier alpha value is -2.94. The Morgan fingerprint density at radius 1 is 1.45 bits per heavy atom. The fourth-order valence-electron chi connectivity index (χ4n) is 1.60. The summed E-state index contributed by atoms with van der Waals surface area (Å²) < 4.78 is 5.46. The largest absolute Gasteiger partial charge is 0.486 e. The monoisotopic (exact) mass is 269 g/mol. The molecular weight excluding hydrogens is 258 g/mol. The molecule has 0 aliphatic heterocycles. The van der Waals surface area contributed by atoms with Crippen LogP contribution in [-0.2, 0) is 6.61 Å². The summed E-state index contributed by atoms with van der Waals surface area (Å²) in [5.74, 6) is -0.949. The number of aromatic carboxylic acids is 1. The lowest BCUT2D eigenvalue weighted by molar-refractivity contribution is 0.0684. The molecule has 0 saturated carbocycles. The molecule has 2 rings (SSSR count). The highest BCUT2D eigenvalue weighted by atomic mass is 16.5. The number of nitriles is 1. The smallest absolute Gasteiger partial charge is 0.358 e. The van der Waals surface area contributed by atoms with Crippen molar-refractivity contribution >= 4 is 5.97 Å². The Morgan fingerprint density at radius 2 is 2.25 bits per heavy atom. The molecule has 0 unspecified atom stereocenters. The average molecular weight is 269 g/mol. The molecule has 0 aliphatic carbocycles. The highest BCUT2D eigenvalue weighted by Crippen LogP contribution is 2.18. The summed E-state index contributed by atoms with van der Waals surface area (Å²) in [6.07, 6.45) is 1.50. The van der Waals surface area contributed by atoms with Crippen LogP contribution in [0, 0.1) is 18.3 Å². The van der Waals surface area contributed by atoms with Crippen LogP contribution < -0.4 is 4.74 Å². The van der Waals surface area contributed by atoms with Gasteiger partial charge in [-0.05, 0) is 36.8 Å². The van der Waals surface area contributed by atoms with Crippen molar-refractivity contribution in [3.05, 3.63) is 53.1 Å². The minimum atomic E-state index is -1.14. The van der Waals surface area contributed by atoms with Crippen LogP contribution in [-0.4, -0.2) is 21.0 Å². The molecule has 1 N–H and O–H groups in total. The number of hydrogen-bond acceptors (Lipinski definition) is 5. The second kappa shape index (κ2) is 5.80. The number of nitrogens with zero attached hydrogens (tertiary/aromatic N) is 3. The topological polar surface area (TPSA) is 96.1 Å². The lowest BCUT2D eigenvalue weighted by Gasteiger charge is -2.09. The van der Waals surface area contributed by atoms with E-state index < -0.39 is 5.97 Å². The van der Waals surface area contributed by atoms with Crippen molar-refractivity contribution in [3.8, 4) is 11.8 Å². The lowest BCUT2D eigenvalue weighted by Crippen LogP contribution is -2.07. The molecule has 100 valence electrons. The van der Waals surface area contributed by atoms with Crippen LogP contribution in [0.4, 0.5) is 0 Å². The van der Waals surface area contributed by atoms with Crippen LogP contribution in [0.5, 0.6) is 5.75 Å². The molecular formula is C14H11N3O3. The zero-order valence-corrected chi connectivity index (χ0v) is 10.7. The number of carboxylic acid groups (broad SMARTS) is 1. The molecule has 6 nitrogen and oxygen atoms in total. The van der Waals surface area contributed by atoms with E-state index in [1.807, 2.05) is 6.07 Å². The van der Waals surface area contributed by atoms with E-state index in [2.05, 4.69) is 9.97 Å². The quantitative estimate of drug-likeness (QED) is 0.911. The number of carboxylic acids is 1.